The van der Waals surface area contributed by atoms with Gasteiger partial charge in [0.15, 0.2) is 11.7 Å². The van der Waals surface area contributed by atoms with Gasteiger partial charge in [0, 0.05) is 25.2 Å². The number of hydrogen-bond acceptors (Lipinski definition) is 4. The van der Waals surface area contributed by atoms with E-state index in [4.69, 9.17) is 9.26 Å². The van der Waals surface area contributed by atoms with Crippen molar-refractivity contribution in [3.63, 3.8) is 0 Å². The van der Waals surface area contributed by atoms with Gasteiger partial charge in [0.05, 0.1) is 19.2 Å². The van der Waals surface area contributed by atoms with E-state index in [1.165, 1.54) is 12.1 Å². The third-order valence-corrected chi connectivity index (χ3v) is 5.06. The smallest absolute Gasteiger partial charge is 0.194 e. The zero-order valence-corrected chi connectivity index (χ0v) is 19.8. The molecule has 1 aliphatic rings. The molecule has 8 heteroatoms. The number of halogens is 2. The van der Waals surface area contributed by atoms with Gasteiger partial charge < -0.3 is 19.5 Å². The van der Waals surface area contributed by atoms with E-state index >= 15 is 0 Å². The van der Waals surface area contributed by atoms with Gasteiger partial charge in [0.2, 0.25) is 0 Å². The first-order valence-electron chi connectivity index (χ1n) is 10.00. The predicted octanol–water partition coefficient (Wildman–Crippen LogP) is 4.64. The summed E-state index contributed by atoms with van der Waals surface area (Å²) in [5.41, 5.74) is 2.74. The van der Waals surface area contributed by atoms with Crippen LogP contribution in [0.25, 0.3) is 11.3 Å². The molecule has 1 saturated heterocycles. The van der Waals surface area contributed by atoms with Crippen LogP contribution in [0.4, 0.5) is 4.39 Å². The maximum atomic E-state index is 13.3. The molecule has 0 radical (unpaired) electrons. The first-order chi connectivity index (χ1) is 14.6. The molecule has 0 saturated carbocycles. The van der Waals surface area contributed by atoms with Crippen LogP contribution >= 0.6 is 24.0 Å². The second kappa shape index (κ2) is 10.7. The minimum Gasteiger partial charge on any atom is -0.367 e. The fourth-order valence-electron chi connectivity index (χ4n) is 3.62. The highest BCUT2D eigenvalue weighted by Crippen LogP contribution is 2.25. The molecule has 1 N–H and O–H groups in total. The number of benzene rings is 2. The summed E-state index contributed by atoms with van der Waals surface area (Å²) in [6.45, 7) is 3.87. The summed E-state index contributed by atoms with van der Waals surface area (Å²) in [5, 5.41) is 7.52. The minimum absolute atomic E-state index is 0. The van der Waals surface area contributed by atoms with Crippen LogP contribution in [0.1, 0.15) is 24.3 Å². The molecule has 2 unspecified atom stereocenters. The zero-order valence-electron chi connectivity index (χ0n) is 17.5. The van der Waals surface area contributed by atoms with Crippen LogP contribution < -0.4 is 5.32 Å². The topological polar surface area (TPSA) is 62.9 Å². The lowest BCUT2D eigenvalue weighted by molar-refractivity contribution is -0.0605. The Morgan fingerprint density at radius 3 is 2.61 bits per heavy atom. The van der Waals surface area contributed by atoms with Crippen LogP contribution in [-0.4, -0.2) is 42.3 Å². The van der Waals surface area contributed by atoms with Crippen LogP contribution in [0.15, 0.2) is 70.2 Å². The predicted molar refractivity (Wildman–Crippen MR) is 129 cm³/mol. The monoisotopic (exact) mass is 536 g/mol. The highest BCUT2D eigenvalue weighted by molar-refractivity contribution is 14.0. The standard InChI is InChI=1S/C23H25FN4O2.HI/c1-16-14-28(15-22(29-16)18-8-10-19(24)11-9-18)23(25-2)26-13-20-12-21(30-27-20)17-6-4-3-5-7-17;/h3-12,16,22H,13-15H2,1-2H3,(H,25,26);1H. The summed E-state index contributed by atoms with van der Waals surface area (Å²) in [5.74, 6) is 1.25. The third kappa shape index (κ3) is 5.82. The number of aromatic nitrogens is 1. The Morgan fingerprint density at radius 2 is 1.90 bits per heavy atom. The van der Waals surface area contributed by atoms with E-state index in [9.17, 15) is 4.39 Å². The number of rotatable bonds is 4. The summed E-state index contributed by atoms with van der Waals surface area (Å²) in [6.07, 6.45) is -0.131. The highest BCUT2D eigenvalue weighted by atomic mass is 127. The number of nitrogens with one attached hydrogen (secondary N) is 1. The number of ether oxygens (including phenoxy) is 1. The summed E-state index contributed by atoms with van der Waals surface area (Å²) < 4.78 is 24.8. The molecule has 1 fully saturated rings. The van der Waals surface area contributed by atoms with Gasteiger partial charge in [-0.05, 0) is 24.6 Å². The van der Waals surface area contributed by atoms with Gasteiger partial charge in [0.1, 0.15) is 17.6 Å². The first kappa shape index (κ1) is 23.2. The Balaban J connectivity index is 0.00000272. The maximum absolute atomic E-state index is 13.3. The lowest BCUT2D eigenvalue weighted by Gasteiger charge is -2.38. The first-order valence-corrected chi connectivity index (χ1v) is 10.00. The van der Waals surface area contributed by atoms with Crippen LogP contribution in [0.3, 0.4) is 0 Å². The molecule has 31 heavy (non-hydrogen) atoms. The number of aliphatic imine (C=N–C) groups is 1. The van der Waals surface area contributed by atoms with Gasteiger partial charge in [-0.1, -0.05) is 47.6 Å². The molecule has 6 nitrogen and oxygen atoms in total. The molecule has 0 amide bonds. The van der Waals surface area contributed by atoms with E-state index in [1.54, 1.807) is 19.2 Å². The average molecular weight is 536 g/mol. The van der Waals surface area contributed by atoms with Gasteiger partial charge in [-0.3, -0.25) is 4.99 Å². The quantitative estimate of drug-likeness (QED) is 0.299. The summed E-state index contributed by atoms with van der Waals surface area (Å²) in [7, 11) is 1.76. The van der Waals surface area contributed by atoms with E-state index in [0.29, 0.717) is 19.6 Å². The Kier molecular flexibility index (Phi) is 8.03. The Hall–Kier alpha value is -2.46. The van der Waals surface area contributed by atoms with Crippen molar-refractivity contribution in [2.24, 2.45) is 4.99 Å². The summed E-state index contributed by atoms with van der Waals surface area (Å²) in [6, 6.07) is 18.3. The average Bonchev–Trinajstić information content (AvgIpc) is 3.24. The van der Waals surface area contributed by atoms with Crippen molar-refractivity contribution in [2.75, 3.05) is 20.1 Å². The lowest BCUT2D eigenvalue weighted by atomic mass is 10.1. The largest absolute Gasteiger partial charge is 0.367 e. The normalized spacial score (nSPS) is 19.1. The molecule has 3 aromatic rings. The Labute approximate surface area is 198 Å². The molecule has 4 rings (SSSR count). The van der Waals surface area contributed by atoms with E-state index in [-0.39, 0.29) is 42.0 Å². The summed E-state index contributed by atoms with van der Waals surface area (Å²) >= 11 is 0. The van der Waals surface area contributed by atoms with E-state index in [2.05, 4.69) is 20.4 Å². The Morgan fingerprint density at radius 1 is 1.16 bits per heavy atom. The van der Waals surface area contributed by atoms with Crippen LogP contribution in [0.5, 0.6) is 0 Å². The van der Waals surface area contributed by atoms with Crippen molar-refractivity contribution in [2.45, 2.75) is 25.7 Å². The van der Waals surface area contributed by atoms with Crippen LogP contribution in [-0.2, 0) is 11.3 Å². The molecule has 1 aliphatic heterocycles. The SMILES string of the molecule is CN=C(NCc1cc(-c2ccccc2)on1)N1CC(C)OC(c2ccc(F)cc2)C1.I. The number of hydrogen-bond donors (Lipinski definition) is 1. The van der Waals surface area contributed by atoms with Gasteiger partial charge in [-0.15, -0.1) is 24.0 Å². The van der Waals surface area contributed by atoms with Crippen molar-refractivity contribution >= 4 is 29.9 Å². The van der Waals surface area contributed by atoms with Crippen molar-refractivity contribution in [3.8, 4) is 11.3 Å². The van der Waals surface area contributed by atoms with Gasteiger partial charge in [-0.2, -0.15) is 0 Å². The minimum atomic E-state index is -0.251. The highest BCUT2D eigenvalue weighted by Gasteiger charge is 2.28. The Bertz CT molecular complexity index is 994. The van der Waals surface area contributed by atoms with E-state index < -0.39 is 0 Å². The van der Waals surface area contributed by atoms with Crippen molar-refractivity contribution < 1.29 is 13.7 Å². The van der Waals surface area contributed by atoms with E-state index in [1.807, 2.05) is 43.3 Å². The van der Waals surface area contributed by atoms with Crippen molar-refractivity contribution in [1.82, 2.24) is 15.4 Å². The van der Waals surface area contributed by atoms with Crippen LogP contribution in [0, 0.1) is 5.82 Å². The fourth-order valence-corrected chi connectivity index (χ4v) is 3.62. The van der Waals surface area contributed by atoms with Crippen LogP contribution in [0.2, 0.25) is 0 Å². The number of morpholine rings is 1. The van der Waals surface area contributed by atoms with Gasteiger partial charge in [-0.25, -0.2) is 4.39 Å². The molecule has 0 spiro atoms. The molecule has 164 valence electrons. The second-order valence-corrected chi connectivity index (χ2v) is 7.34. The van der Waals surface area contributed by atoms with E-state index in [0.717, 1.165) is 28.5 Å². The van der Waals surface area contributed by atoms with Crippen molar-refractivity contribution in [1.29, 1.82) is 0 Å². The molecular formula is C23H26FIN4O2. The lowest BCUT2D eigenvalue weighted by Crippen LogP contribution is -2.50. The maximum Gasteiger partial charge on any atom is 0.194 e. The molecule has 1 aromatic heterocycles. The molecule has 2 aromatic carbocycles. The number of nitrogens with zero attached hydrogens (tertiary/aromatic N) is 3. The zero-order chi connectivity index (χ0) is 20.9. The number of guanidine groups is 1. The molecule has 0 bridgehead atoms. The molecular weight excluding hydrogens is 510 g/mol. The van der Waals surface area contributed by atoms with Crippen molar-refractivity contribution in [3.05, 3.63) is 77.7 Å². The second-order valence-electron chi connectivity index (χ2n) is 7.34. The van der Waals surface area contributed by atoms with Gasteiger partial charge >= 0.3 is 0 Å². The molecule has 0 aliphatic carbocycles. The third-order valence-electron chi connectivity index (χ3n) is 5.06. The molecule has 2 heterocycles. The van der Waals surface area contributed by atoms with Gasteiger partial charge in [0.25, 0.3) is 0 Å². The molecule has 2 atom stereocenters. The summed E-state index contributed by atoms with van der Waals surface area (Å²) in [4.78, 5) is 6.58. The fraction of sp³-hybridized carbons (Fsp3) is 0.304.